The summed E-state index contributed by atoms with van der Waals surface area (Å²) >= 11 is 0. The van der Waals surface area contributed by atoms with Gasteiger partial charge in [0, 0.05) is 6.42 Å². The minimum Gasteiger partial charge on any atom is -0.467 e. The molecule has 0 amide bonds. The SMILES string of the molecule is COC(=O)C1CC(c2ccc(C)cc2)=NN1c1ccc(OC(F)(F)F)cc1. The van der Waals surface area contributed by atoms with Crippen LogP contribution in [0.3, 0.4) is 0 Å². The van der Waals surface area contributed by atoms with Gasteiger partial charge in [-0.05, 0) is 36.8 Å². The van der Waals surface area contributed by atoms with Crippen LogP contribution in [-0.4, -0.2) is 31.2 Å². The topological polar surface area (TPSA) is 51.1 Å². The first-order valence-corrected chi connectivity index (χ1v) is 8.14. The highest BCUT2D eigenvalue weighted by Crippen LogP contribution is 2.30. The van der Waals surface area contributed by atoms with Gasteiger partial charge in [0.05, 0.1) is 18.5 Å². The van der Waals surface area contributed by atoms with Crippen molar-refractivity contribution < 1.29 is 27.4 Å². The quantitative estimate of drug-likeness (QED) is 0.754. The molecule has 0 spiro atoms. The third-order valence-corrected chi connectivity index (χ3v) is 4.10. The molecule has 8 heteroatoms. The summed E-state index contributed by atoms with van der Waals surface area (Å²) in [4.78, 5) is 12.2. The third-order valence-electron chi connectivity index (χ3n) is 4.10. The highest BCUT2D eigenvalue weighted by atomic mass is 19.4. The van der Waals surface area contributed by atoms with E-state index in [2.05, 4.69) is 9.84 Å². The van der Waals surface area contributed by atoms with Crippen LogP contribution in [0.25, 0.3) is 0 Å². The normalized spacial score (nSPS) is 16.9. The van der Waals surface area contributed by atoms with E-state index < -0.39 is 18.4 Å². The van der Waals surface area contributed by atoms with Crippen molar-refractivity contribution in [1.29, 1.82) is 0 Å². The lowest BCUT2D eigenvalue weighted by Gasteiger charge is -2.21. The van der Waals surface area contributed by atoms with Gasteiger partial charge < -0.3 is 9.47 Å². The molecule has 0 fully saturated rings. The van der Waals surface area contributed by atoms with Crippen molar-refractivity contribution in [3.63, 3.8) is 0 Å². The Morgan fingerprint density at radius 3 is 2.30 bits per heavy atom. The predicted octanol–water partition coefficient (Wildman–Crippen LogP) is 4.05. The van der Waals surface area contributed by atoms with Gasteiger partial charge in [0.1, 0.15) is 5.75 Å². The second-order valence-corrected chi connectivity index (χ2v) is 6.04. The predicted molar refractivity (Wildman–Crippen MR) is 93.7 cm³/mol. The maximum atomic E-state index is 12.3. The standard InChI is InChI=1S/C19H17F3N2O3/c1-12-3-5-13(6-4-12)16-11-17(18(25)26-2)24(23-16)14-7-9-15(10-8-14)27-19(20,21)22/h3-10,17H,11H2,1-2H3. The van der Waals surface area contributed by atoms with Gasteiger partial charge in [-0.1, -0.05) is 29.8 Å². The fourth-order valence-electron chi connectivity index (χ4n) is 2.79. The summed E-state index contributed by atoms with van der Waals surface area (Å²) in [5, 5.41) is 5.96. The van der Waals surface area contributed by atoms with Gasteiger partial charge in [0.2, 0.25) is 0 Å². The van der Waals surface area contributed by atoms with Gasteiger partial charge >= 0.3 is 12.3 Å². The molecule has 1 unspecified atom stereocenters. The van der Waals surface area contributed by atoms with E-state index in [1.54, 1.807) is 0 Å². The zero-order valence-corrected chi connectivity index (χ0v) is 14.7. The molecule has 2 aromatic carbocycles. The van der Waals surface area contributed by atoms with E-state index in [1.807, 2.05) is 31.2 Å². The number of hydrazone groups is 1. The molecule has 1 aliphatic heterocycles. The molecule has 1 heterocycles. The Morgan fingerprint density at radius 1 is 1.11 bits per heavy atom. The molecule has 0 saturated heterocycles. The molecule has 5 nitrogen and oxygen atoms in total. The second-order valence-electron chi connectivity index (χ2n) is 6.04. The number of methoxy groups -OCH3 is 1. The Kier molecular flexibility index (Phi) is 5.07. The molecule has 1 atom stereocenters. The van der Waals surface area contributed by atoms with E-state index >= 15 is 0 Å². The summed E-state index contributed by atoms with van der Waals surface area (Å²) in [6.07, 6.45) is -4.43. The second kappa shape index (κ2) is 7.30. The first kappa shape index (κ1) is 18.8. The van der Waals surface area contributed by atoms with E-state index in [9.17, 15) is 18.0 Å². The zero-order chi connectivity index (χ0) is 19.6. The molecule has 0 radical (unpaired) electrons. The number of anilines is 1. The Hall–Kier alpha value is -3.03. The minimum atomic E-state index is -4.76. The average molecular weight is 378 g/mol. The molecule has 0 bridgehead atoms. The highest BCUT2D eigenvalue weighted by Gasteiger charge is 2.35. The summed E-state index contributed by atoms with van der Waals surface area (Å²) < 4.78 is 45.6. The van der Waals surface area contributed by atoms with Gasteiger partial charge in [0.15, 0.2) is 6.04 Å². The summed E-state index contributed by atoms with van der Waals surface area (Å²) in [6, 6.07) is 12.2. The van der Waals surface area contributed by atoms with Crippen LogP contribution in [0.5, 0.6) is 5.75 Å². The number of esters is 1. The molecular weight excluding hydrogens is 361 g/mol. The number of halogens is 3. The maximum absolute atomic E-state index is 12.3. The van der Waals surface area contributed by atoms with E-state index in [0.29, 0.717) is 17.8 Å². The monoisotopic (exact) mass is 378 g/mol. The highest BCUT2D eigenvalue weighted by molar-refractivity contribution is 6.06. The van der Waals surface area contributed by atoms with Crippen LogP contribution in [0.2, 0.25) is 0 Å². The minimum absolute atomic E-state index is 0.330. The van der Waals surface area contributed by atoms with Gasteiger partial charge in [0.25, 0.3) is 0 Å². The van der Waals surface area contributed by atoms with Gasteiger partial charge in [-0.2, -0.15) is 5.10 Å². The number of rotatable bonds is 4. The number of carbonyl (C=O) groups is 1. The molecular formula is C19H17F3N2O3. The fraction of sp³-hybridized carbons (Fsp3) is 0.263. The molecule has 27 heavy (non-hydrogen) atoms. The molecule has 3 rings (SSSR count). The van der Waals surface area contributed by atoms with E-state index in [-0.39, 0.29) is 5.75 Å². The van der Waals surface area contributed by atoms with E-state index in [0.717, 1.165) is 11.1 Å². The van der Waals surface area contributed by atoms with Gasteiger partial charge in [-0.3, -0.25) is 5.01 Å². The molecule has 0 saturated carbocycles. The van der Waals surface area contributed by atoms with Crippen molar-refractivity contribution >= 4 is 17.4 Å². The van der Waals surface area contributed by atoms with Crippen LogP contribution in [0.15, 0.2) is 53.6 Å². The number of alkyl halides is 3. The van der Waals surface area contributed by atoms with Crippen LogP contribution < -0.4 is 9.75 Å². The van der Waals surface area contributed by atoms with Crippen molar-refractivity contribution in [2.45, 2.75) is 25.7 Å². The Labute approximate surface area is 154 Å². The molecule has 0 aliphatic carbocycles. The Bertz CT molecular complexity index is 846. The zero-order valence-electron chi connectivity index (χ0n) is 14.7. The maximum Gasteiger partial charge on any atom is 0.573 e. The van der Waals surface area contributed by atoms with Crippen molar-refractivity contribution in [3.05, 3.63) is 59.7 Å². The first-order valence-electron chi connectivity index (χ1n) is 8.14. The van der Waals surface area contributed by atoms with Crippen LogP contribution in [0.1, 0.15) is 17.5 Å². The van der Waals surface area contributed by atoms with Crippen molar-refractivity contribution in [2.24, 2.45) is 5.10 Å². The fourth-order valence-corrected chi connectivity index (χ4v) is 2.79. The van der Waals surface area contributed by atoms with Crippen LogP contribution in [0.4, 0.5) is 18.9 Å². The largest absolute Gasteiger partial charge is 0.573 e. The number of nitrogens with zero attached hydrogens (tertiary/aromatic N) is 2. The Morgan fingerprint density at radius 2 is 1.74 bits per heavy atom. The van der Waals surface area contributed by atoms with Crippen LogP contribution in [-0.2, 0) is 9.53 Å². The number of carbonyl (C=O) groups excluding carboxylic acids is 1. The molecule has 2 aromatic rings. The first-order chi connectivity index (χ1) is 12.8. The molecule has 1 aliphatic rings. The number of aryl methyl sites for hydroxylation is 1. The number of hydrogen-bond acceptors (Lipinski definition) is 5. The lowest BCUT2D eigenvalue weighted by Crippen LogP contribution is -2.35. The summed E-state index contributed by atoms with van der Waals surface area (Å²) in [6.45, 7) is 1.97. The van der Waals surface area contributed by atoms with Crippen LogP contribution >= 0.6 is 0 Å². The summed E-state index contributed by atoms with van der Waals surface area (Å²) in [5.41, 5.74) is 3.12. The lowest BCUT2D eigenvalue weighted by atomic mass is 10.0. The average Bonchev–Trinajstić information content (AvgIpc) is 3.06. The molecule has 142 valence electrons. The smallest absolute Gasteiger partial charge is 0.467 e. The summed E-state index contributed by atoms with van der Waals surface area (Å²) in [5.74, 6) is -0.820. The number of hydrogen-bond donors (Lipinski definition) is 0. The summed E-state index contributed by atoms with van der Waals surface area (Å²) in [7, 11) is 1.28. The van der Waals surface area contributed by atoms with E-state index in [1.165, 1.54) is 36.4 Å². The van der Waals surface area contributed by atoms with Gasteiger partial charge in [-0.15, -0.1) is 13.2 Å². The van der Waals surface area contributed by atoms with Crippen molar-refractivity contribution in [2.75, 3.05) is 12.1 Å². The van der Waals surface area contributed by atoms with Gasteiger partial charge in [-0.25, -0.2) is 4.79 Å². The number of ether oxygens (including phenoxy) is 2. The molecule has 0 aromatic heterocycles. The number of benzene rings is 2. The third kappa shape index (κ3) is 4.39. The molecule has 0 N–H and O–H groups in total. The van der Waals surface area contributed by atoms with Crippen LogP contribution in [0, 0.1) is 6.92 Å². The Balaban J connectivity index is 1.89. The lowest BCUT2D eigenvalue weighted by molar-refractivity contribution is -0.274. The van der Waals surface area contributed by atoms with E-state index in [4.69, 9.17) is 4.74 Å². The van der Waals surface area contributed by atoms with Crippen molar-refractivity contribution in [1.82, 2.24) is 0 Å². The van der Waals surface area contributed by atoms with Crippen molar-refractivity contribution in [3.8, 4) is 5.75 Å².